The molecule has 0 amide bonds. The number of allylic oxidation sites excluding steroid dienone is 1. The van der Waals surface area contributed by atoms with Crippen LogP contribution in [0.4, 0.5) is 0 Å². The predicted octanol–water partition coefficient (Wildman–Crippen LogP) is 2.16. The van der Waals surface area contributed by atoms with Gasteiger partial charge in [0, 0.05) is 11.1 Å². The Bertz CT molecular complexity index is 688. The molecule has 0 bridgehead atoms. The summed E-state index contributed by atoms with van der Waals surface area (Å²) in [7, 11) is -3.60. The molecule has 0 aliphatic rings. The Morgan fingerprint density at radius 3 is 2.50 bits per heavy atom. The third-order valence-corrected chi connectivity index (χ3v) is 3.74. The number of sulfonamides is 1. The van der Waals surface area contributed by atoms with Crippen LogP contribution in [0.3, 0.4) is 0 Å². The van der Waals surface area contributed by atoms with Crippen molar-refractivity contribution in [3.05, 3.63) is 54.7 Å². The van der Waals surface area contributed by atoms with Crippen molar-refractivity contribution < 1.29 is 8.42 Å². The maximum atomic E-state index is 12.1. The largest absolute Gasteiger partial charge is 0.313 e. The fourth-order valence-electron chi connectivity index (χ4n) is 1.64. The van der Waals surface area contributed by atoms with E-state index >= 15 is 0 Å². The van der Waals surface area contributed by atoms with Crippen LogP contribution in [0, 0.1) is 0 Å². The van der Waals surface area contributed by atoms with Crippen LogP contribution < -0.4 is 10.3 Å². The van der Waals surface area contributed by atoms with Gasteiger partial charge >= 0.3 is 0 Å². The molecule has 18 heavy (non-hydrogen) atoms. The van der Waals surface area contributed by atoms with Crippen LogP contribution in [0.2, 0.25) is 0 Å². The van der Waals surface area contributed by atoms with Crippen molar-refractivity contribution >= 4 is 20.8 Å². The van der Waals surface area contributed by atoms with Crippen LogP contribution >= 0.6 is 0 Å². The lowest BCUT2D eigenvalue weighted by Crippen LogP contribution is -2.35. The monoisotopic (exact) mass is 262 g/mol. The summed E-state index contributed by atoms with van der Waals surface area (Å²) in [6.07, 6.45) is 0. The first-order valence-corrected chi connectivity index (χ1v) is 6.90. The number of fused-ring (bicyclic) bond motifs is 1. The lowest BCUT2D eigenvalue weighted by atomic mass is 10.1. The molecule has 2 rings (SSSR count). The summed E-state index contributed by atoms with van der Waals surface area (Å²) in [4.78, 5) is 2.53. The van der Waals surface area contributed by atoms with Gasteiger partial charge < -0.3 is 5.43 Å². The van der Waals surface area contributed by atoms with Crippen molar-refractivity contribution in [2.75, 3.05) is 0 Å². The average Bonchev–Trinajstić information content (AvgIpc) is 2.36. The van der Waals surface area contributed by atoms with Crippen LogP contribution in [0.25, 0.3) is 10.8 Å². The van der Waals surface area contributed by atoms with Crippen molar-refractivity contribution in [1.29, 1.82) is 0 Å². The Hall–Kier alpha value is -1.85. The molecule has 0 spiro atoms. The molecule has 0 heterocycles. The van der Waals surface area contributed by atoms with Crippen molar-refractivity contribution in [2.45, 2.75) is 11.8 Å². The smallest absolute Gasteiger partial charge is 0.257 e. The van der Waals surface area contributed by atoms with E-state index in [-0.39, 0.29) is 4.90 Å². The van der Waals surface area contributed by atoms with Crippen LogP contribution in [0.5, 0.6) is 0 Å². The van der Waals surface area contributed by atoms with Crippen LogP contribution in [0.1, 0.15) is 6.92 Å². The zero-order valence-electron chi connectivity index (χ0n) is 9.97. The molecule has 0 aromatic heterocycles. The third-order valence-electron chi connectivity index (χ3n) is 2.44. The summed E-state index contributed by atoms with van der Waals surface area (Å²) in [5.41, 5.74) is 3.04. The molecule has 0 saturated heterocycles. The summed E-state index contributed by atoms with van der Waals surface area (Å²) >= 11 is 0. The molecule has 0 radical (unpaired) electrons. The summed E-state index contributed by atoms with van der Waals surface area (Å²) in [5, 5.41) is 1.58. The van der Waals surface area contributed by atoms with Crippen molar-refractivity contribution in [1.82, 2.24) is 10.3 Å². The number of hydrazine groups is 1. The maximum Gasteiger partial charge on any atom is 0.257 e. The lowest BCUT2D eigenvalue weighted by molar-refractivity contribution is 0.572. The van der Waals surface area contributed by atoms with E-state index in [0.717, 1.165) is 5.39 Å². The topological polar surface area (TPSA) is 58.2 Å². The van der Waals surface area contributed by atoms with Crippen LogP contribution in [0.15, 0.2) is 59.6 Å². The van der Waals surface area contributed by atoms with Gasteiger partial charge in [0.15, 0.2) is 0 Å². The average molecular weight is 262 g/mol. The minimum atomic E-state index is -3.60. The Labute approximate surface area is 106 Å². The molecule has 2 aromatic carbocycles. The summed E-state index contributed by atoms with van der Waals surface area (Å²) in [6, 6.07) is 12.5. The zero-order chi connectivity index (χ0) is 13.2. The molecule has 2 N–H and O–H groups in total. The number of hydrogen-bond acceptors (Lipinski definition) is 3. The Kier molecular flexibility index (Phi) is 3.36. The minimum absolute atomic E-state index is 0.245. The molecule has 94 valence electrons. The molecule has 0 saturated carbocycles. The van der Waals surface area contributed by atoms with Gasteiger partial charge in [-0.1, -0.05) is 43.0 Å². The standard InChI is InChI=1S/C13H14N2O2S/c1-10(2)14-15-18(16,17)13-9-5-7-11-6-3-4-8-12(11)13/h3-9,14-15H,1H2,2H3. The van der Waals surface area contributed by atoms with Gasteiger partial charge in [0.25, 0.3) is 10.0 Å². The zero-order valence-corrected chi connectivity index (χ0v) is 10.8. The third kappa shape index (κ3) is 2.52. The van der Waals surface area contributed by atoms with Gasteiger partial charge in [-0.05, 0) is 18.4 Å². The van der Waals surface area contributed by atoms with Gasteiger partial charge in [-0.3, -0.25) is 0 Å². The number of rotatable bonds is 4. The quantitative estimate of drug-likeness (QED) is 0.830. The molecule has 2 aromatic rings. The number of hydrogen-bond donors (Lipinski definition) is 2. The molecular weight excluding hydrogens is 248 g/mol. The maximum absolute atomic E-state index is 12.1. The van der Waals surface area contributed by atoms with E-state index in [2.05, 4.69) is 16.8 Å². The molecule has 0 aliphatic heterocycles. The summed E-state index contributed by atoms with van der Waals surface area (Å²) in [5.74, 6) is 0. The second kappa shape index (κ2) is 4.80. The lowest BCUT2D eigenvalue weighted by Gasteiger charge is -2.10. The molecule has 0 aliphatic carbocycles. The Balaban J connectivity index is 2.50. The first-order chi connectivity index (χ1) is 8.50. The van der Waals surface area contributed by atoms with E-state index in [0.29, 0.717) is 11.1 Å². The highest BCUT2D eigenvalue weighted by atomic mass is 32.2. The Morgan fingerprint density at radius 2 is 1.78 bits per heavy atom. The van der Waals surface area contributed by atoms with Gasteiger partial charge in [-0.2, -0.15) is 0 Å². The highest BCUT2D eigenvalue weighted by Gasteiger charge is 2.16. The van der Waals surface area contributed by atoms with Gasteiger partial charge in [0.05, 0.1) is 4.90 Å². The highest BCUT2D eigenvalue weighted by Crippen LogP contribution is 2.22. The van der Waals surface area contributed by atoms with E-state index in [1.54, 1.807) is 25.1 Å². The minimum Gasteiger partial charge on any atom is -0.313 e. The van der Waals surface area contributed by atoms with Gasteiger partial charge in [-0.15, -0.1) is 4.83 Å². The van der Waals surface area contributed by atoms with Crippen molar-refractivity contribution in [3.8, 4) is 0 Å². The summed E-state index contributed by atoms with van der Waals surface area (Å²) in [6.45, 7) is 5.25. The first kappa shape index (κ1) is 12.6. The Morgan fingerprint density at radius 1 is 1.11 bits per heavy atom. The molecule has 0 unspecified atom stereocenters. The van der Waals surface area contributed by atoms with Crippen molar-refractivity contribution in [2.24, 2.45) is 0 Å². The fourth-order valence-corrected chi connectivity index (χ4v) is 2.79. The van der Waals surface area contributed by atoms with Crippen molar-refractivity contribution in [3.63, 3.8) is 0 Å². The number of benzene rings is 2. The van der Waals surface area contributed by atoms with E-state index < -0.39 is 10.0 Å². The van der Waals surface area contributed by atoms with E-state index in [4.69, 9.17) is 0 Å². The van der Waals surface area contributed by atoms with E-state index in [1.807, 2.05) is 24.3 Å². The van der Waals surface area contributed by atoms with E-state index in [1.165, 1.54) is 0 Å². The molecule has 5 heteroatoms. The van der Waals surface area contributed by atoms with Gasteiger partial charge in [-0.25, -0.2) is 8.42 Å². The number of nitrogens with one attached hydrogen (secondary N) is 2. The highest BCUT2D eigenvalue weighted by molar-refractivity contribution is 7.89. The van der Waals surface area contributed by atoms with Crippen LogP contribution in [-0.4, -0.2) is 8.42 Å². The second-order valence-electron chi connectivity index (χ2n) is 3.99. The fraction of sp³-hybridized carbons (Fsp3) is 0.0769. The second-order valence-corrected chi connectivity index (χ2v) is 5.64. The first-order valence-electron chi connectivity index (χ1n) is 5.42. The van der Waals surface area contributed by atoms with Crippen LogP contribution in [-0.2, 0) is 10.0 Å². The molecule has 0 atom stereocenters. The van der Waals surface area contributed by atoms with Gasteiger partial charge in [0.2, 0.25) is 0 Å². The molecule has 4 nitrogen and oxygen atoms in total. The normalized spacial score (nSPS) is 11.4. The van der Waals surface area contributed by atoms with Gasteiger partial charge in [0.1, 0.15) is 0 Å². The SMILES string of the molecule is C=C(C)NNS(=O)(=O)c1cccc2ccccc12. The summed E-state index contributed by atoms with van der Waals surface area (Å²) < 4.78 is 24.3. The molecular formula is C13H14N2O2S. The van der Waals surface area contributed by atoms with E-state index in [9.17, 15) is 8.42 Å². The predicted molar refractivity (Wildman–Crippen MR) is 72.2 cm³/mol. The molecule has 0 fully saturated rings.